The van der Waals surface area contributed by atoms with Crippen LogP contribution in [0.3, 0.4) is 0 Å². The Balaban J connectivity index is 1.91. The Labute approximate surface area is 133 Å². The molecule has 0 spiro atoms. The Morgan fingerprint density at radius 1 is 1.41 bits per heavy atom. The Bertz CT molecular complexity index is 512. The number of ether oxygens (including phenoxy) is 1. The van der Waals surface area contributed by atoms with Crippen LogP contribution < -0.4 is 4.74 Å². The molecular formula is C19H27NO2. The molecule has 1 aliphatic carbocycles. The van der Waals surface area contributed by atoms with Gasteiger partial charge in [-0.05, 0) is 50.8 Å². The van der Waals surface area contributed by atoms with Crippen molar-refractivity contribution in [3.05, 3.63) is 35.5 Å². The van der Waals surface area contributed by atoms with Crippen LogP contribution in [-0.2, 0) is 4.79 Å². The average Bonchev–Trinajstić information content (AvgIpc) is 2.35. The molecule has 1 heterocycles. The van der Waals surface area contributed by atoms with Gasteiger partial charge in [0.05, 0.1) is 0 Å². The Morgan fingerprint density at radius 3 is 2.77 bits per heavy atom. The Morgan fingerprint density at radius 2 is 2.18 bits per heavy atom. The number of hydrogen-bond donors (Lipinski definition) is 0. The van der Waals surface area contributed by atoms with Crippen LogP contribution in [0.5, 0.6) is 5.88 Å². The summed E-state index contributed by atoms with van der Waals surface area (Å²) in [5, 5.41) is 0. The van der Waals surface area contributed by atoms with E-state index in [1.165, 1.54) is 6.42 Å². The molecule has 1 aromatic rings. The van der Waals surface area contributed by atoms with Crippen molar-refractivity contribution < 1.29 is 9.53 Å². The van der Waals surface area contributed by atoms with E-state index in [4.69, 9.17) is 4.74 Å². The summed E-state index contributed by atoms with van der Waals surface area (Å²) in [5.41, 5.74) is 2.13. The summed E-state index contributed by atoms with van der Waals surface area (Å²) >= 11 is 0. The van der Waals surface area contributed by atoms with Gasteiger partial charge < -0.3 is 4.74 Å². The third-order valence-corrected chi connectivity index (χ3v) is 4.16. The number of pyridine rings is 1. The fourth-order valence-corrected chi connectivity index (χ4v) is 2.75. The lowest BCUT2D eigenvalue weighted by Gasteiger charge is -2.22. The molecule has 1 fully saturated rings. The second-order valence-electron chi connectivity index (χ2n) is 6.32. The van der Waals surface area contributed by atoms with E-state index in [2.05, 4.69) is 11.9 Å². The molecule has 0 saturated heterocycles. The zero-order valence-corrected chi connectivity index (χ0v) is 14.0. The van der Waals surface area contributed by atoms with E-state index >= 15 is 0 Å². The van der Waals surface area contributed by atoms with Crippen LogP contribution in [0.4, 0.5) is 0 Å². The Kier molecular flexibility index (Phi) is 6.17. The molecule has 2 rings (SSSR count). The number of allylic oxidation sites excluding steroid dienone is 1. The number of ketones is 1. The summed E-state index contributed by atoms with van der Waals surface area (Å²) in [6.07, 6.45) is 9.93. The number of rotatable bonds is 8. The summed E-state index contributed by atoms with van der Waals surface area (Å²) in [6.45, 7) is 6.17. The average molecular weight is 301 g/mol. The standard InChI is InChI=1S/C19H27NO2/c1-4-7-17(10-6-11-18(21)16-8-5-9-16)22-19-13-14(2)12-15(3)20-19/h6,11-13,16-17H,4-5,7-10H2,1-3H3/b11-6+/t17-/m1/s1. The van der Waals surface area contributed by atoms with Gasteiger partial charge >= 0.3 is 0 Å². The van der Waals surface area contributed by atoms with E-state index < -0.39 is 0 Å². The van der Waals surface area contributed by atoms with E-state index in [0.29, 0.717) is 5.88 Å². The summed E-state index contributed by atoms with van der Waals surface area (Å²) < 4.78 is 6.03. The maximum atomic E-state index is 11.9. The number of aromatic nitrogens is 1. The minimum atomic E-state index is 0.0872. The third-order valence-electron chi connectivity index (χ3n) is 4.16. The first-order valence-electron chi connectivity index (χ1n) is 8.40. The van der Waals surface area contributed by atoms with Gasteiger partial charge in [-0.3, -0.25) is 4.79 Å². The highest BCUT2D eigenvalue weighted by Gasteiger charge is 2.22. The molecule has 120 valence electrons. The predicted molar refractivity (Wildman–Crippen MR) is 89.1 cm³/mol. The smallest absolute Gasteiger partial charge is 0.213 e. The number of nitrogens with zero attached hydrogens (tertiary/aromatic N) is 1. The van der Waals surface area contributed by atoms with Crippen LogP contribution in [-0.4, -0.2) is 16.9 Å². The van der Waals surface area contributed by atoms with E-state index in [1.807, 2.05) is 32.1 Å². The number of aryl methyl sites for hydroxylation is 2. The maximum Gasteiger partial charge on any atom is 0.213 e. The molecule has 3 heteroatoms. The van der Waals surface area contributed by atoms with Gasteiger partial charge in [0, 0.05) is 24.1 Å². The van der Waals surface area contributed by atoms with E-state index in [1.54, 1.807) is 6.08 Å². The molecule has 1 atom stereocenters. The van der Waals surface area contributed by atoms with Gasteiger partial charge in [0.15, 0.2) is 5.78 Å². The predicted octanol–water partition coefficient (Wildman–Crippen LogP) is 4.56. The van der Waals surface area contributed by atoms with Gasteiger partial charge in [0.2, 0.25) is 5.88 Å². The van der Waals surface area contributed by atoms with Crippen LogP contribution >= 0.6 is 0 Å². The van der Waals surface area contributed by atoms with Crippen molar-refractivity contribution in [2.45, 2.75) is 65.4 Å². The lowest BCUT2D eigenvalue weighted by molar-refractivity contribution is -0.120. The molecule has 0 unspecified atom stereocenters. The van der Waals surface area contributed by atoms with Gasteiger partial charge in [-0.25, -0.2) is 4.98 Å². The molecule has 0 aromatic carbocycles. The number of hydrogen-bond acceptors (Lipinski definition) is 3. The molecule has 0 radical (unpaired) electrons. The molecular weight excluding hydrogens is 274 g/mol. The molecule has 3 nitrogen and oxygen atoms in total. The molecule has 0 aliphatic heterocycles. The van der Waals surface area contributed by atoms with Crippen molar-refractivity contribution in [2.24, 2.45) is 5.92 Å². The SMILES string of the molecule is CCC[C@H](C/C=C/C(=O)C1CCC1)Oc1cc(C)cc(C)n1. The first kappa shape index (κ1) is 16.7. The van der Waals surface area contributed by atoms with Crippen LogP contribution in [0.15, 0.2) is 24.3 Å². The van der Waals surface area contributed by atoms with Crippen molar-refractivity contribution in [3.8, 4) is 5.88 Å². The third kappa shape index (κ3) is 4.97. The molecule has 1 aromatic heterocycles. The minimum absolute atomic E-state index is 0.0872. The quantitative estimate of drug-likeness (QED) is 0.661. The van der Waals surface area contributed by atoms with E-state index in [0.717, 1.165) is 43.4 Å². The van der Waals surface area contributed by atoms with Crippen molar-refractivity contribution in [1.82, 2.24) is 4.98 Å². The fraction of sp³-hybridized carbons (Fsp3) is 0.579. The normalized spacial score (nSPS) is 16.5. The maximum absolute atomic E-state index is 11.9. The first-order valence-corrected chi connectivity index (χ1v) is 8.40. The van der Waals surface area contributed by atoms with Crippen molar-refractivity contribution in [3.63, 3.8) is 0 Å². The molecule has 0 N–H and O–H groups in total. The second-order valence-corrected chi connectivity index (χ2v) is 6.32. The molecule has 1 aliphatic rings. The van der Waals surface area contributed by atoms with Crippen molar-refractivity contribution in [1.29, 1.82) is 0 Å². The lowest BCUT2D eigenvalue weighted by atomic mass is 9.82. The summed E-state index contributed by atoms with van der Waals surface area (Å²) in [6, 6.07) is 4.01. The molecule has 0 bridgehead atoms. The number of carbonyl (C=O) groups excluding carboxylic acids is 1. The molecule has 1 saturated carbocycles. The fourth-order valence-electron chi connectivity index (χ4n) is 2.75. The van der Waals surface area contributed by atoms with Gasteiger partial charge in [0.25, 0.3) is 0 Å². The summed E-state index contributed by atoms with van der Waals surface area (Å²) in [7, 11) is 0. The van der Waals surface area contributed by atoms with Gasteiger partial charge in [0.1, 0.15) is 6.10 Å². The highest BCUT2D eigenvalue weighted by atomic mass is 16.5. The zero-order valence-electron chi connectivity index (χ0n) is 14.0. The van der Waals surface area contributed by atoms with Crippen molar-refractivity contribution in [2.75, 3.05) is 0 Å². The van der Waals surface area contributed by atoms with Gasteiger partial charge in [-0.15, -0.1) is 0 Å². The number of carbonyl (C=O) groups is 1. The second kappa shape index (κ2) is 8.11. The van der Waals surface area contributed by atoms with Crippen molar-refractivity contribution >= 4 is 5.78 Å². The summed E-state index contributed by atoms with van der Waals surface area (Å²) in [5.74, 6) is 1.25. The summed E-state index contributed by atoms with van der Waals surface area (Å²) in [4.78, 5) is 16.3. The van der Waals surface area contributed by atoms with E-state index in [-0.39, 0.29) is 17.8 Å². The van der Waals surface area contributed by atoms with Crippen LogP contribution in [0.1, 0.15) is 56.7 Å². The zero-order chi connectivity index (χ0) is 15.9. The van der Waals surface area contributed by atoms with Crippen LogP contribution in [0, 0.1) is 19.8 Å². The van der Waals surface area contributed by atoms with Gasteiger partial charge in [-0.1, -0.05) is 25.8 Å². The van der Waals surface area contributed by atoms with Crippen LogP contribution in [0.25, 0.3) is 0 Å². The largest absolute Gasteiger partial charge is 0.474 e. The van der Waals surface area contributed by atoms with E-state index in [9.17, 15) is 4.79 Å². The minimum Gasteiger partial charge on any atom is -0.474 e. The van der Waals surface area contributed by atoms with Gasteiger partial charge in [-0.2, -0.15) is 0 Å². The first-order chi connectivity index (χ1) is 10.6. The van der Waals surface area contributed by atoms with Crippen LogP contribution in [0.2, 0.25) is 0 Å². The monoisotopic (exact) mass is 301 g/mol. The topological polar surface area (TPSA) is 39.2 Å². The highest BCUT2D eigenvalue weighted by Crippen LogP contribution is 2.27. The highest BCUT2D eigenvalue weighted by molar-refractivity contribution is 5.92. The molecule has 0 amide bonds. The lowest BCUT2D eigenvalue weighted by Crippen LogP contribution is -2.20. The molecule has 22 heavy (non-hydrogen) atoms. The Hall–Kier alpha value is -1.64.